The number of hydrogen-bond acceptors (Lipinski definition) is 3. The quantitative estimate of drug-likeness (QED) is 0.813. The zero-order valence-electron chi connectivity index (χ0n) is 9.72. The van der Waals surface area contributed by atoms with E-state index < -0.39 is 0 Å². The molecule has 2 aromatic rings. The molecule has 0 unspecified atom stereocenters. The zero-order valence-corrected chi connectivity index (χ0v) is 9.72. The molecular formula is C11H17N5. The molecule has 0 atom stereocenters. The Balaban J connectivity index is 1.87. The Morgan fingerprint density at radius 3 is 2.88 bits per heavy atom. The van der Waals surface area contributed by atoms with E-state index in [2.05, 4.69) is 22.3 Å². The molecule has 0 spiro atoms. The van der Waals surface area contributed by atoms with Crippen LogP contribution in [0.3, 0.4) is 0 Å². The lowest BCUT2D eigenvalue weighted by atomic mass is 10.4. The minimum absolute atomic E-state index is 0.776. The first kappa shape index (κ1) is 10.9. The zero-order chi connectivity index (χ0) is 11.4. The Morgan fingerprint density at radius 2 is 2.19 bits per heavy atom. The van der Waals surface area contributed by atoms with Crippen LogP contribution >= 0.6 is 0 Å². The molecule has 0 aliphatic carbocycles. The van der Waals surface area contributed by atoms with Crippen molar-refractivity contribution in [1.82, 2.24) is 24.6 Å². The molecule has 5 nitrogen and oxygen atoms in total. The van der Waals surface area contributed by atoms with E-state index in [-0.39, 0.29) is 0 Å². The topological polar surface area (TPSA) is 47.7 Å². The van der Waals surface area contributed by atoms with Crippen LogP contribution in [0.1, 0.15) is 18.4 Å². The highest BCUT2D eigenvalue weighted by molar-refractivity contribution is 5.00. The van der Waals surface area contributed by atoms with Crippen LogP contribution in [0, 0.1) is 0 Å². The molecule has 2 heterocycles. The van der Waals surface area contributed by atoms with Crippen LogP contribution in [-0.4, -0.2) is 19.3 Å². The van der Waals surface area contributed by atoms with E-state index in [4.69, 9.17) is 0 Å². The van der Waals surface area contributed by atoms with Crippen molar-refractivity contribution in [3.63, 3.8) is 0 Å². The van der Waals surface area contributed by atoms with Gasteiger partial charge in [-0.2, -0.15) is 5.10 Å². The van der Waals surface area contributed by atoms with E-state index >= 15 is 0 Å². The summed E-state index contributed by atoms with van der Waals surface area (Å²) >= 11 is 0. The molecule has 0 aliphatic heterocycles. The van der Waals surface area contributed by atoms with Crippen LogP contribution in [0.4, 0.5) is 0 Å². The van der Waals surface area contributed by atoms with Crippen LogP contribution in [0.5, 0.6) is 0 Å². The number of hydrogen-bond donors (Lipinski definition) is 1. The van der Waals surface area contributed by atoms with E-state index in [1.165, 1.54) is 5.69 Å². The van der Waals surface area contributed by atoms with Gasteiger partial charge < -0.3 is 9.88 Å². The standard InChI is InChI=1S/C11H17N5/c1-3-16-10(4-5-14-16)8-12-9-11-13-6-7-15(11)2/h4-7,12H,3,8-9H2,1-2H3. The lowest BCUT2D eigenvalue weighted by Gasteiger charge is -2.06. The third kappa shape index (κ3) is 2.30. The minimum atomic E-state index is 0.776. The first-order valence-electron chi connectivity index (χ1n) is 5.49. The normalized spacial score (nSPS) is 10.9. The van der Waals surface area contributed by atoms with Crippen molar-refractivity contribution in [2.24, 2.45) is 7.05 Å². The van der Waals surface area contributed by atoms with Crippen molar-refractivity contribution in [2.45, 2.75) is 26.6 Å². The Kier molecular flexibility index (Phi) is 3.36. The molecule has 0 radical (unpaired) electrons. The lowest BCUT2D eigenvalue weighted by Crippen LogP contribution is -2.18. The summed E-state index contributed by atoms with van der Waals surface area (Å²) in [7, 11) is 2.00. The molecule has 0 saturated heterocycles. The van der Waals surface area contributed by atoms with Crippen molar-refractivity contribution in [2.75, 3.05) is 0 Å². The van der Waals surface area contributed by atoms with Gasteiger partial charge in [-0.05, 0) is 13.0 Å². The molecule has 0 fully saturated rings. The molecule has 2 rings (SSSR count). The summed E-state index contributed by atoms with van der Waals surface area (Å²) in [5.74, 6) is 1.04. The Labute approximate surface area is 95.1 Å². The van der Waals surface area contributed by atoms with Crippen molar-refractivity contribution in [1.29, 1.82) is 0 Å². The Morgan fingerprint density at radius 1 is 1.31 bits per heavy atom. The van der Waals surface area contributed by atoms with Crippen molar-refractivity contribution in [3.8, 4) is 0 Å². The van der Waals surface area contributed by atoms with Crippen LogP contribution in [0.15, 0.2) is 24.7 Å². The van der Waals surface area contributed by atoms with Crippen LogP contribution in [0.25, 0.3) is 0 Å². The summed E-state index contributed by atoms with van der Waals surface area (Å²) in [4.78, 5) is 4.26. The molecular weight excluding hydrogens is 202 g/mol. The van der Waals surface area contributed by atoms with Gasteiger partial charge in [0, 0.05) is 38.7 Å². The predicted octanol–water partition coefficient (Wildman–Crippen LogP) is 0.926. The van der Waals surface area contributed by atoms with Gasteiger partial charge in [-0.15, -0.1) is 0 Å². The number of nitrogens with one attached hydrogen (secondary N) is 1. The minimum Gasteiger partial charge on any atom is -0.337 e. The second-order valence-electron chi connectivity index (χ2n) is 3.70. The van der Waals surface area contributed by atoms with E-state index in [0.29, 0.717) is 0 Å². The second kappa shape index (κ2) is 4.94. The van der Waals surface area contributed by atoms with Crippen LogP contribution < -0.4 is 5.32 Å². The van der Waals surface area contributed by atoms with Crippen LogP contribution in [0.2, 0.25) is 0 Å². The van der Waals surface area contributed by atoms with Gasteiger partial charge in [0.15, 0.2) is 0 Å². The summed E-state index contributed by atoms with van der Waals surface area (Å²) < 4.78 is 4.01. The fourth-order valence-electron chi connectivity index (χ4n) is 1.66. The molecule has 0 amide bonds. The molecule has 86 valence electrons. The van der Waals surface area contributed by atoms with E-state index in [0.717, 1.165) is 25.5 Å². The van der Waals surface area contributed by atoms with Gasteiger partial charge in [-0.25, -0.2) is 4.98 Å². The summed E-state index contributed by atoms with van der Waals surface area (Å²) in [6.45, 7) is 4.60. The van der Waals surface area contributed by atoms with Crippen LogP contribution in [-0.2, 0) is 26.7 Å². The first-order chi connectivity index (χ1) is 7.81. The Bertz CT molecular complexity index is 443. The number of imidazole rings is 1. The van der Waals surface area contributed by atoms with E-state index in [9.17, 15) is 0 Å². The highest BCUT2D eigenvalue weighted by Crippen LogP contribution is 1.99. The SMILES string of the molecule is CCn1nccc1CNCc1nccn1C. The fourth-order valence-corrected chi connectivity index (χ4v) is 1.66. The average Bonchev–Trinajstić information content (AvgIpc) is 2.88. The van der Waals surface area contributed by atoms with Crippen molar-refractivity contribution in [3.05, 3.63) is 36.2 Å². The van der Waals surface area contributed by atoms with E-state index in [1.807, 2.05) is 41.0 Å². The summed E-state index contributed by atoms with van der Waals surface area (Å²) in [6, 6.07) is 2.04. The monoisotopic (exact) mass is 219 g/mol. The smallest absolute Gasteiger partial charge is 0.122 e. The molecule has 0 saturated carbocycles. The number of aromatic nitrogens is 4. The Hall–Kier alpha value is -1.62. The number of rotatable bonds is 5. The maximum absolute atomic E-state index is 4.26. The summed E-state index contributed by atoms with van der Waals surface area (Å²) in [6.07, 6.45) is 5.60. The highest BCUT2D eigenvalue weighted by Gasteiger charge is 2.01. The van der Waals surface area contributed by atoms with Gasteiger partial charge in [0.25, 0.3) is 0 Å². The van der Waals surface area contributed by atoms with Crippen molar-refractivity contribution >= 4 is 0 Å². The molecule has 0 aliphatic rings. The van der Waals surface area contributed by atoms with Crippen molar-refractivity contribution < 1.29 is 0 Å². The van der Waals surface area contributed by atoms with Gasteiger partial charge in [-0.1, -0.05) is 0 Å². The van der Waals surface area contributed by atoms with Gasteiger partial charge in [-0.3, -0.25) is 4.68 Å². The van der Waals surface area contributed by atoms with Gasteiger partial charge >= 0.3 is 0 Å². The largest absolute Gasteiger partial charge is 0.337 e. The second-order valence-corrected chi connectivity index (χ2v) is 3.70. The third-order valence-corrected chi connectivity index (χ3v) is 2.61. The van der Waals surface area contributed by atoms with Gasteiger partial charge in [0.2, 0.25) is 0 Å². The molecule has 1 N–H and O–H groups in total. The maximum atomic E-state index is 4.26. The fraction of sp³-hybridized carbons (Fsp3) is 0.455. The highest BCUT2D eigenvalue weighted by atomic mass is 15.3. The molecule has 0 bridgehead atoms. The number of aryl methyl sites for hydroxylation is 2. The summed E-state index contributed by atoms with van der Waals surface area (Å²) in [5.41, 5.74) is 1.21. The van der Waals surface area contributed by atoms with Gasteiger partial charge in [0.1, 0.15) is 5.82 Å². The lowest BCUT2D eigenvalue weighted by molar-refractivity contribution is 0.568. The van der Waals surface area contributed by atoms with Gasteiger partial charge in [0.05, 0.1) is 12.2 Å². The summed E-state index contributed by atoms with van der Waals surface area (Å²) in [5, 5.41) is 7.59. The predicted molar refractivity (Wildman–Crippen MR) is 61.7 cm³/mol. The molecule has 2 aromatic heterocycles. The average molecular weight is 219 g/mol. The molecule has 16 heavy (non-hydrogen) atoms. The molecule has 0 aromatic carbocycles. The first-order valence-corrected chi connectivity index (χ1v) is 5.49. The molecule has 5 heteroatoms. The maximum Gasteiger partial charge on any atom is 0.122 e. The third-order valence-electron chi connectivity index (χ3n) is 2.61. The van der Waals surface area contributed by atoms with E-state index in [1.54, 1.807) is 0 Å². The number of nitrogens with zero attached hydrogens (tertiary/aromatic N) is 4.